The van der Waals surface area contributed by atoms with Gasteiger partial charge in [0.1, 0.15) is 5.54 Å². The smallest absolute Gasteiger partial charge is 0.103 e. The molecule has 0 bridgehead atoms. The maximum Gasteiger partial charge on any atom is 0.103 e. The van der Waals surface area contributed by atoms with Gasteiger partial charge < -0.3 is 4.74 Å². The first-order valence-corrected chi connectivity index (χ1v) is 5.76. The van der Waals surface area contributed by atoms with Crippen LogP contribution in [0.4, 0.5) is 0 Å². The van der Waals surface area contributed by atoms with Crippen LogP contribution < -0.4 is 0 Å². The summed E-state index contributed by atoms with van der Waals surface area (Å²) in [5.41, 5.74) is -0.342. The molecule has 0 N–H and O–H groups in total. The predicted molar refractivity (Wildman–Crippen MR) is 60.5 cm³/mol. The first kappa shape index (κ1) is 12.5. The molecular formula is C12H22N2O. The Hall–Kier alpha value is -0.590. The third-order valence-electron chi connectivity index (χ3n) is 3.44. The van der Waals surface area contributed by atoms with Gasteiger partial charge in [0.2, 0.25) is 0 Å². The van der Waals surface area contributed by atoms with Crippen LogP contribution in [0.1, 0.15) is 33.1 Å². The molecule has 1 fully saturated rings. The lowest BCUT2D eigenvalue weighted by Gasteiger charge is -2.31. The van der Waals surface area contributed by atoms with Gasteiger partial charge in [0, 0.05) is 13.2 Å². The Bertz CT molecular complexity index is 226. The Morgan fingerprint density at radius 3 is 2.53 bits per heavy atom. The highest BCUT2D eigenvalue weighted by Crippen LogP contribution is 2.20. The fraction of sp³-hybridized carbons (Fsp3) is 0.917. The van der Waals surface area contributed by atoms with Crippen molar-refractivity contribution in [1.82, 2.24) is 4.90 Å². The second-order valence-electron chi connectivity index (χ2n) is 4.94. The molecule has 1 rings (SSSR count). The molecule has 0 amide bonds. The van der Waals surface area contributed by atoms with Crippen molar-refractivity contribution < 1.29 is 4.74 Å². The molecule has 3 nitrogen and oxygen atoms in total. The minimum Gasteiger partial charge on any atom is -0.381 e. The minimum absolute atomic E-state index is 0.342. The minimum atomic E-state index is -0.342. The molecule has 1 heterocycles. The number of ether oxygens (including phenoxy) is 1. The van der Waals surface area contributed by atoms with Crippen LogP contribution in [0, 0.1) is 17.2 Å². The normalized spacial score (nSPS) is 19.1. The van der Waals surface area contributed by atoms with Gasteiger partial charge in [-0.1, -0.05) is 0 Å². The van der Waals surface area contributed by atoms with E-state index >= 15 is 0 Å². The zero-order chi connectivity index (χ0) is 11.3. The van der Waals surface area contributed by atoms with Crippen LogP contribution in [0.15, 0.2) is 0 Å². The standard InChI is InChI=1S/C12H22N2O/c1-12(2,10-13)14(3)7-4-11-5-8-15-9-6-11/h11H,4-9H2,1-3H3. The van der Waals surface area contributed by atoms with E-state index in [2.05, 4.69) is 11.0 Å². The van der Waals surface area contributed by atoms with E-state index in [0.29, 0.717) is 0 Å². The molecule has 1 aliphatic rings. The second-order valence-corrected chi connectivity index (χ2v) is 4.94. The maximum absolute atomic E-state index is 8.99. The Labute approximate surface area is 93.0 Å². The van der Waals surface area contributed by atoms with Crippen LogP contribution in [0.25, 0.3) is 0 Å². The fourth-order valence-corrected chi connectivity index (χ4v) is 1.78. The van der Waals surface area contributed by atoms with Gasteiger partial charge in [-0.05, 0) is 52.6 Å². The van der Waals surface area contributed by atoms with Crippen LogP contribution >= 0.6 is 0 Å². The third-order valence-corrected chi connectivity index (χ3v) is 3.44. The van der Waals surface area contributed by atoms with Crippen LogP contribution in [0.3, 0.4) is 0 Å². The topological polar surface area (TPSA) is 36.3 Å². The van der Waals surface area contributed by atoms with Crippen molar-refractivity contribution in [2.45, 2.75) is 38.6 Å². The monoisotopic (exact) mass is 210 g/mol. The summed E-state index contributed by atoms with van der Waals surface area (Å²) in [6.07, 6.45) is 3.55. The van der Waals surface area contributed by atoms with Gasteiger partial charge in [0.05, 0.1) is 6.07 Å². The molecule has 0 aromatic heterocycles. The average molecular weight is 210 g/mol. The zero-order valence-electron chi connectivity index (χ0n) is 10.1. The lowest BCUT2D eigenvalue weighted by Crippen LogP contribution is -2.40. The Kier molecular flexibility index (Phi) is 4.56. The summed E-state index contributed by atoms with van der Waals surface area (Å²) in [7, 11) is 2.03. The largest absolute Gasteiger partial charge is 0.381 e. The molecule has 0 radical (unpaired) electrons. The Balaban J connectivity index is 2.27. The molecule has 0 spiro atoms. The molecule has 0 aromatic carbocycles. The highest BCUT2D eigenvalue weighted by molar-refractivity contribution is 5.00. The van der Waals surface area contributed by atoms with Crippen LogP contribution in [-0.2, 0) is 4.74 Å². The lowest BCUT2D eigenvalue weighted by molar-refractivity contribution is 0.0583. The zero-order valence-corrected chi connectivity index (χ0v) is 10.1. The summed E-state index contributed by atoms with van der Waals surface area (Å²) in [5.74, 6) is 0.788. The van der Waals surface area contributed by atoms with Crippen molar-refractivity contribution in [3.8, 4) is 6.07 Å². The molecule has 0 unspecified atom stereocenters. The van der Waals surface area contributed by atoms with E-state index in [1.54, 1.807) is 0 Å². The maximum atomic E-state index is 8.99. The summed E-state index contributed by atoms with van der Waals surface area (Å²) >= 11 is 0. The molecule has 0 saturated carbocycles. The van der Waals surface area contributed by atoms with Gasteiger partial charge in [0.15, 0.2) is 0 Å². The number of nitriles is 1. The molecule has 86 valence electrons. The average Bonchev–Trinajstić information content (AvgIpc) is 2.27. The highest BCUT2D eigenvalue weighted by atomic mass is 16.5. The number of hydrogen-bond donors (Lipinski definition) is 0. The van der Waals surface area contributed by atoms with E-state index in [4.69, 9.17) is 10.00 Å². The molecule has 0 aromatic rings. The van der Waals surface area contributed by atoms with Crippen molar-refractivity contribution in [1.29, 1.82) is 5.26 Å². The van der Waals surface area contributed by atoms with Crippen molar-refractivity contribution in [2.75, 3.05) is 26.8 Å². The van der Waals surface area contributed by atoms with E-state index < -0.39 is 0 Å². The Morgan fingerprint density at radius 1 is 1.40 bits per heavy atom. The van der Waals surface area contributed by atoms with Gasteiger partial charge in [-0.25, -0.2) is 0 Å². The highest BCUT2D eigenvalue weighted by Gasteiger charge is 2.23. The summed E-state index contributed by atoms with van der Waals surface area (Å²) < 4.78 is 5.33. The molecule has 1 saturated heterocycles. The molecule has 15 heavy (non-hydrogen) atoms. The van der Waals surface area contributed by atoms with E-state index in [0.717, 1.165) is 25.7 Å². The van der Waals surface area contributed by atoms with Crippen molar-refractivity contribution in [2.24, 2.45) is 5.92 Å². The Morgan fingerprint density at radius 2 is 2.00 bits per heavy atom. The molecule has 0 aliphatic carbocycles. The van der Waals surface area contributed by atoms with Crippen molar-refractivity contribution >= 4 is 0 Å². The molecule has 1 aliphatic heterocycles. The molecular weight excluding hydrogens is 188 g/mol. The summed E-state index contributed by atoms with van der Waals surface area (Å²) in [6, 6.07) is 2.33. The van der Waals surface area contributed by atoms with E-state index in [1.165, 1.54) is 19.3 Å². The first-order chi connectivity index (χ1) is 7.06. The number of rotatable bonds is 4. The second kappa shape index (κ2) is 5.48. The lowest BCUT2D eigenvalue weighted by atomic mass is 9.95. The summed E-state index contributed by atoms with van der Waals surface area (Å²) in [6.45, 7) is 6.77. The van der Waals surface area contributed by atoms with E-state index in [1.807, 2.05) is 20.9 Å². The van der Waals surface area contributed by atoms with Crippen LogP contribution in [0.2, 0.25) is 0 Å². The summed E-state index contributed by atoms with van der Waals surface area (Å²) in [4.78, 5) is 2.14. The van der Waals surface area contributed by atoms with E-state index in [-0.39, 0.29) is 5.54 Å². The predicted octanol–water partition coefficient (Wildman–Crippen LogP) is 2.04. The van der Waals surface area contributed by atoms with Crippen molar-refractivity contribution in [3.63, 3.8) is 0 Å². The van der Waals surface area contributed by atoms with E-state index in [9.17, 15) is 0 Å². The van der Waals surface area contributed by atoms with Gasteiger partial charge in [0.25, 0.3) is 0 Å². The van der Waals surface area contributed by atoms with Gasteiger partial charge in [-0.2, -0.15) is 5.26 Å². The van der Waals surface area contributed by atoms with Crippen molar-refractivity contribution in [3.05, 3.63) is 0 Å². The number of hydrogen-bond acceptors (Lipinski definition) is 3. The van der Waals surface area contributed by atoms with Gasteiger partial charge >= 0.3 is 0 Å². The molecule has 3 heteroatoms. The number of nitrogens with zero attached hydrogens (tertiary/aromatic N) is 2. The van der Waals surface area contributed by atoms with Crippen LogP contribution in [-0.4, -0.2) is 37.2 Å². The summed E-state index contributed by atoms with van der Waals surface area (Å²) in [5, 5.41) is 8.99. The SMILES string of the molecule is CN(CCC1CCOCC1)C(C)(C)C#N. The molecule has 0 atom stereocenters. The quantitative estimate of drug-likeness (QED) is 0.712. The fourth-order valence-electron chi connectivity index (χ4n) is 1.78. The first-order valence-electron chi connectivity index (χ1n) is 5.76. The third kappa shape index (κ3) is 3.81. The van der Waals surface area contributed by atoms with Gasteiger partial charge in [-0.15, -0.1) is 0 Å². The van der Waals surface area contributed by atoms with Gasteiger partial charge in [-0.3, -0.25) is 4.90 Å². The van der Waals surface area contributed by atoms with Crippen LogP contribution in [0.5, 0.6) is 0 Å².